The first-order valence-electron chi connectivity index (χ1n) is 8.21. The number of hydrogen-bond acceptors (Lipinski definition) is 2. The summed E-state index contributed by atoms with van der Waals surface area (Å²) in [6.45, 7) is -4.62. The van der Waals surface area contributed by atoms with Crippen molar-refractivity contribution in [2.75, 3.05) is 13.3 Å². The van der Waals surface area contributed by atoms with Crippen LogP contribution in [0.2, 0.25) is 0 Å². The number of halogens is 6. The van der Waals surface area contributed by atoms with Crippen molar-refractivity contribution < 1.29 is 35.8 Å². The molecule has 148 valence electrons. The Morgan fingerprint density at radius 2 is 1.48 bits per heavy atom. The second-order valence-electron chi connectivity index (χ2n) is 5.73. The highest BCUT2D eigenvalue weighted by Crippen LogP contribution is 2.25. The lowest BCUT2D eigenvalue weighted by Gasteiger charge is -2.12. The van der Waals surface area contributed by atoms with E-state index in [0.29, 0.717) is 24.0 Å². The summed E-state index contributed by atoms with van der Waals surface area (Å²) in [5.41, 5.74) is 1.73. The lowest BCUT2D eigenvalue weighted by molar-refractivity contribution is -0.0505. The fraction of sp³-hybridized carbons (Fsp3) is 0.368. The maximum atomic E-state index is 13.6. The zero-order chi connectivity index (χ0) is 19.8. The summed E-state index contributed by atoms with van der Waals surface area (Å²) in [6.07, 6.45) is -1.89. The van der Waals surface area contributed by atoms with Crippen LogP contribution in [0.5, 0.6) is 11.5 Å². The van der Waals surface area contributed by atoms with Crippen LogP contribution >= 0.6 is 0 Å². The zero-order valence-corrected chi connectivity index (χ0v) is 14.2. The Kier molecular flexibility index (Phi) is 7.82. The lowest BCUT2D eigenvalue weighted by atomic mass is 10.0. The standard InChI is InChI=1S/C19H18F6O2/c20-8-7-14-9-12(4-6-16(14)27-19(24)25)1-2-13-3-5-15(21)17(10-13)26-11-18(22)23/h3-6,9-10,18-19H,1-2,7-8,11H2. The van der Waals surface area contributed by atoms with Gasteiger partial charge in [-0.2, -0.15) is 8.78 Å². The molecule has 0 unspecified atom stereocenters. The molecule has 2 rings (SSSR count). The third-order valence-corrected chi connectivity index (χ3v) is 3.77. The Labute approximate surface area is 152 Å². The topological polar surface area (TPSA) is 18.5 Å². The monoisotopic (exact) mass is 392 g/mol. The predicted octanol–water partition coefficient (Wildman–Crippen LogP) is 5.37. The highest BCUT2D eigenvalue weighted by Gasteiger charge is 2.12. The van der Waals surface area contributed by atoms with Crippen molar-refractivity contribution >= 4 is 0 Å². The van der Waals surface area contributed by atoms with Crippen LogP contribution in [0.25, 0.3) is 0 Å². The Balaban J connectivity index is 2.07. The van der Waals surface area contributed by atoms with Gasteiger partial charge in [-0.05, 0) is 47.7 Å². The average molecular weight is 392 g/mol. The molecule has 0 aliphatic rings. The van der Waals surface area contributed by atoms with Crippen molar-refractivity contribution in [2.45, 2.75) is 32.3 Å². The van der Waals surface area contributed by atoms with Gasteiger partial charge in [0, 0.05) is 6.42 Å². The molecule has 0 amide bonds. The molecule has 8 heteroatoms. The number of aryl methyl sites for hydroxylation is 3. The van der Waals surface area contributed by atoms with E-state index in [1.807, 2.05) is 0 Å². The van der Waals surface area contributed by atoms with Gasteiger partial charge in [0.05, 0.1) is 6.67 Å². The second kappa shape index (κ2) is 10.1. The van der Waals surface area contributed by atoms with Crippen LogP contribution in [0.4, 0.5) is 26.3 Å². The minimum absolute atomic E-state index is 0.0575. The summed E-state index contributed by atoms with van der Waals surface area (Å²) in [7, 11) is 0. The Hall–Kier alpha value is -2.38. The minimum atomic E-state index is -3.00. The number of rotatable bonds is 10. The van der Waals surface area contributed by atoms with Crippen molar-refractivity contribution in [3.05, 3.63) is 58.9 Å². The van der Waals surface area contributed by atoms with Gasteiger partial charge >= 0.3 is 6.61 Å². The smallest absolute Gasteiger partial charge is 0.387 e. The highest BCUT2D eigenvalue weighted by molar-refractivity contribution is 5.38. The summed E-state index contributed by atoms with van der Waals surface area (Å²) in [6, 6.07) is 8.49. The number of benzene rings is 2. The molecule has 0 N–H and O–H groups in total. The Morgan fingerprint density at radius 1 is 0.815 bits per heavy atom. The van der Waals surface area contributed by atoms with E-state index in [9.17, 15) is 26.3 Å². The van der Waals surface area contributed by atoms with Crippen LogP contribution in [-0.4, -0.2) is 26.3 Å². The van der Waals surface area contributed by atoms with Crippen molar-refractivity contribution in [1.82, 2.24) is 0 Å². The molecule has 2 nitrogen and oxygen atoms in total. The van der Waals surface area contributed by atoms with Gasteiger partial charge in [0.1, 0.15) is 12.4 Å². The Morgan fingerprint density at radius 3 is 2.11 bits per heavy atom. The maximum Gasteiger partial charge on any atom is 0.387 e. The quantitative estimate of drug-likeness (QED) is 0.506. The first-order valence-corrected chi connectivity index (χ1v) is 8.21. The molecule has 0 saturated carbocycles. The van der Waals surface area contributed by atoms with Gasteiger partial charge in [0.15, 0.2) is 11.6 Å². The molecule has 0 atom stereocenters. The van der Waals surface area contributed by atoms with Gasteiger partial charge in [-0.3, -0.25) is 4.39 Å². The molecule has 0 radical (unpaired) electrons. The van der Waals surface area contributed by atoms with Gasteiger partial charge in [-0.15, -0.1) is 0 Å². The van der Waals surface area contributed by atoms with Crippen LogP contribution in [0.15, 0.2) is 36.4 Å². The van der Waals surface area contributed by atoms with E-state index >= 15 is 0 Å². The van der Waals surface area contributed by atoms with Crippen molar-refractivity contribution in [1.29, 1.82) is 0 Å². The van der Waals surface area contributed by atoms with E-state index in [4.69, 9.17) is 4.74 Å². The van der Waals surface area contributed by atoms with Crippen LogP contribution in [0.3, 0.4) is 0 Å². The van der Waals surface area contributed by atoms with E-state index in [2.05, 4.69) is 4.74 Å². The van der Waals surface area contributed by atoms with Crippen molar-refractivity contribution in [2.24, 2.45) is 0 Å². The van der Waals surface area contributed by atoms with Gasteiger partial charge in [-0.25, -0.2) is 13.2 Å². The molecule has 0 heterocycles. The van der Waals surface area contributed by atoms with Crippen molar-refractivity contribution in [3.63, 3.8) is 0 Å². The van der Waals surface area contributed by atoms with Gasteiger partial charge in [0.25, 0.3) is 6.43 Å². The molecule has 27 heavy (non-hydrogen) atoms. The molecule has 0 saturated heterocycles. The molecule has 0 aliphatic heterocycles. The molecule has 0 aromatic heterocycles. The highest BCUT2D eigenvalue weighted by atomic mass is 19.3. The third kappa shape index (κ3) is 6.69. The minimum Gasteiger partial charge on any atom is -0.485 e. The lowest BCUT2D eigenvalue weighted by Crippen LogP contribution is -2.08. The number of ether oxygens (including phenoxy) is 2. The normalized spacial score (nSPS) is 11.3. The van der Waals surface area contributed by atoms with E-state index in [0.717, 1.165) is 11.6 Å². The Bertz CT molecular complexity index is 736. The van der Waals surface area contributed by atoms with E-state index in [1.165, 1.54) is 18.2 Å². The molecule has 2 aromatic carbocycles. The fourth-order valence-corrected chi connectivity index (χ4v) is 2.55. The van der Waals surface area contributed by atoms with Crippen LogP contribution in [0.1, 0.15) is 16.7 Å². The van der Waals surface area contributed by atoms with Crippen LogP contribution < -0.4 is 9.47 Å². The van der Waals surface area contributed by atoms with Gasteiger partial charge in [-0.1, -0.05) is 18.2 Å². The number of alkyl halides is 5. The number of hydrogen-bond donors (Lipinski definition) is 0. The molecule has 0 fully saturated rings. The molecule has 2 aromatic rings. The van der Waals surface area contributed by atoms with E-state index in [1.54, 1.807) is 12.1 Å². The first-order chi connectivity index (χ1) is 12.9. The summed E-state index contributed by atoms with van der Waals surface area (Å²) >= 11 is 0. The van der Waals surface area contributed by atoms with Crippen LogP contribution in [-0.2, 0) is 19.3 Å². The van der Waals surface area contributed by atoms with E-state index in [-0.39, 0.29) is 17.9 Å². The van der Waals surface area contributed by atoms with Gasteiger partial charge in [0.2, 0.25) is 0 Å². The van der Waals surface area contributed by atoms with Crippen LogP contribution in [0, 0.1) is 5.82 Å². The molecule has 0 spiro atoms. The summed E-state index contributed by atoms with van der Waals surface area (Å²) in [5.74, 6) is -1.07. The first kappa shape index (κ1) is 20.9. The summed E-state index contributed by atoms with van der Waals surface area (Å²) in [5, 5.41) is 0. The fourth-order valence-electron chi connectivity index (χ4n) is 2.55. The zero-order valence-electron chi connectivity index (χ0n) is 14.2. The summed E-state index contributed by atoms with van der Waals surface area (Å²) in [4.78, 5) is 0. The van der Waals surface area contributed by atoms with Crippen molar-refractivity contribution in [3.8, 4) is 11.5 Å². The van der Waals surface area contributed by atoms with Gasteiger partial charge < -0.3 is 9.47 Å². The molecule has 0 aliphatic carbocycles. The van der Waals surface area contributed by atoms with E-state index < -0.39 is 32.1 Å². The summed E-state index contributed by atoms with van der Waals surface area (Å²) < 4.78 is 84.5. The predicted molar refractivity (Wildman–Crippen MR) is 88.1 cm³/mol. The maximum absolute atomic E-state index is 13.6. The largest absolute Gasteiger partial charge is 0.485 e. The third-order valence-electron chi connectivity index (χ3n) is 3.77. The SMILES string of the molecule is FCCc1cc(CCc2ccc(F)c(OCC(F)F)c2)ccc1OC(F)F. The second-order valence-corrected chi connectivity index (χ2v) is 5.73. The molecule has 0 bridgehead atoms. The molecular weight excluding hydrogens is 374 g/mol. The average Bonchev–Trinajstić information content (AvgIpc) is 2.61. The molecular formula is C19H18F6O2.